The van der Waals surface area contributed by atoms with E-state index in [0.29, 0.717) is 5.75 Å². The molecule has 0 bridgehead atoms. The molecule has 0 aromatic carbocycles. The summed E-state index contributed by atoms with van der Waals surface area (Å²) >= 11 is 0. The van der Waals surface area contributed by atoms with Crippen LogP contribution in [0.15, 0.2) is 24.5 Å². The molecule has 1 aliphatic rings. The van der Waals surface area contributed by atoms with E-state index in [-0.39, 0.29) is 23.6 Å². The van der Waals surface area contributed by atoms with Gasteiger partial charge in [0.15, 0.2) is 0 Å². The van der Waals surface area contributed by atoms with Crippen molar-refractivity contribution in [3.05, 3.63) is 40.3 Å². The zero-order chi connectivity index (χ0) is 14.8. The first kappa shape index (κ1) is 13.2. The molecule has 0 unspecified atom stereocenters. The Bertz CT molecular complexity index is 670. The number of aryl methyl sites for hydroxylation is 1. The fourth-order valence-electron chi connectivity index (χ4n) is 1.69. The minimum atomic E-state index is -0.512. The largest absolute Gasteiger partial charge is 0.423 e. The molecule has 0 saturated heterocycles. The molecule has 21 heavy (non-hydrogen) atoms. The van der Waals surface area contributed by atoms with E-state index in [1.54, 1.807) is 18.3 Å². The van der Waals surface area contributed by atoms with Gasteiger partial charge in [0.25, 0.3) is 0 Å². The van der Waals surface area contributed by atoms with E-state index in [9.17, 15) is 10.1 Å². The van der Waals surface area contributed by atoms with Gasteiger partial charge in [-0.15, -0.1) is 0 Å². The summed E-state index contributed by atoms with van der Waals surface area (Å²) in [5, 5.41) is 14.0. The van der Waals surface area contributed by atoms with Crippen LogP contribution in [0.25, 0.3) is 0 Å². The molecule has 2 aromatic rings. The summed E-state index contributed by atoms with van der Waals surface area (Å²) in [4.78, 5) is 22.5. The lowest BCUT2D eigenvalue weighted by molar-refractivity contribution is -0.384. The Kier molecular flexibility index (Phi) is 3.35. The van der Waals surface area contributed by atoms with E-state index in [0.717, 1.165) is 24.7 Å². The Morgan fingerprint density at radius 2 is 2.14 bits per heavy atom. The summed E-state index contributed by atoms with van der Waals surface area (Å²) in [6.45, 7) is 1.86. The summed E-state index contributed by atoms with van der Waals surface area (Å²) in [5.74, 6) is 0.666. The zero-order valence-corrected chi connectivity index (χ0v) is 11.3. The van der Waals surface area contributed by atoms with Crippen molar-refractivity contribution >= 4 is 11.5 Å². The number of hydrogen-bond acceptors (Lipinski definition) is 7. The van der Waals surface area contributed by atoms with Crippen molar-refractivity contribution < 1.29 is 9.66 Å². The molecule has 8 heteroatoms. The first-order valence-corrected chi connectivity index (χ1v) is 6.50. The summed E-state index contributed by atoms with van der Waals surface area (Å²) in [5.41, 5.74) is 0.708. The van der Waals surface area contributed by atoms with Crippen molar-refractivity contribution in [3.8, 4) is 11.8 Å². The lowest BCUT2D eigenvalue weighted by Crippen LogP contribution is -2.08. The number of nitrogens with zero attached hydrogens (tertiary/aromatic N) is 4. The van der Waals surface area contributed by atoms with Crippen molar-refractivity contribution in [1.29, 1.82) is 0 Å². The van der Waals surface area contributed by atoms with Gasteiger partial charge in [-0.2, -0.15) is 9.97 Å². The van der Waals surface area contributed by atoms with E-state index in [1.807, 2.05) is 6.92 Å². The van der Waals surface area contributed by atoms with Gasteiger partial charge in [-0.25, -0.2) is 0 Å². The molecule has 108 valence electrons. The molecule has 1 saturated carbocycles. The van der Waals surface area contributed by atoms with Crippen LogP contribution in [-0.2, 0) is 0 Å². The Balaban J connectivity index is 1.84. The first-order valence-electron chi connectivity index (χ1n) is 6.50. The Morgan fingerprint density at radius 1 is 1.33 bits per heavy atom. The standard InChI is InChI=1S/C13H13N5O3/c1-8-2-5-10(6-14-8)21-13-15-7-11(18(19)20)12(17-13)16-9-3-4-9/h2,5-7,9H,3-4H2,1H3,(H,15,16,17). The van der Waals surface area contributed by atoms with E-state index >= 15 is 0 Å². The summed E-state index contributed by atoms with van der Waals surface area (Å²) in [7, 11) is 0. The molecular formula is C13H13N5O3. The molecule has 0 spiro atoms. The topological polar surface area (TPSA) is 103 Å². The second-order valence-corrected chi connectivity index (χ2v) is 4.80. The van der Waals surface area contributed by atoms with Crippen molar-refractivity contribution in [2.24, 2.45) is 0 Å². The first-order chi connectivity index (χ1) is 10.1. The normalized spacial score (nSPS) is 13.8. The molecular weight excluding hydrogens is 274 g/mol. The molecule has 8 nitrogen and oxygen atoms in total. The summed E-state index contributed by atoms with van der Waals surface area (Å²) < 4.78 is 5.46. The highest BCUT2D eigenvalue weighted by Crippen LogP contribution is 2.30. The van der Waals surface area contributed by atoms with Gasteiger partial charge in [0, 0.05) is 11.7 Å². The third-order valence-corrected chi connectivity index (χ3v) is 2.96. The molecule has 2 heterocycles. The molecule has 2 aromatic heterocycles. The van der Waals surface area contributed by atoms with Crippen molar-refractivity contribution in [3.63, 3.8) is 0 Å². The van der Waals surface area contributed by atoms with Gasteiger partial charge in [0.05, 0.1) is 11.1 Å². The molecule has 1 fully saturated rings. The fourth-order valence-corrected chi connectivity index (χ4v) is 1.69. The Morgan fingerprint density at radius 3 is 2.76 bits per heavy atom. The maximum absolute atomic E-state index is 11.0. The molecule has 0 aliphatic heterocycles. The quantitative estimate of drug-likeness (QED) is 0.665. The number of pyridine rings is 1. The van der Waals surface area contributed by atoms with Crippen LogP contribution in [0.1, 0.15) is 18.5 Å². The predicted octanol–water partition coefficient (Wildman–Crippen LogP) is 2.45. The van der Waals surface area contributed by atoms with Crippen molar-refractivity contribution in [2.45, 2.75) is 25.8 Å². The van der Waals surface area contributed by atoms with Crippen LogP contribution < -0.4 is 10.1 Å². The lowest BCUT2D eigenvalue weighted by Gasteiger charge is -2.07. The number of rotatable bonds is 5. The van der Waals surface area contributed by atoms with Gasteiger partial charge in [-0.1, -0.05) is 0 Å². The van der Waals surface area contributed by atoms with Crippen LogP contribution in [0.5, 0.6) is 11.8 Å². The van der Waals surface area contributed by atoms with Crippen LogP contribution in [-0.4, -0.2) is 25.9 Å². The Labute approximate surface area is 120 Å². The van der Waals surface area contributed by atoms with E-state index < -0.39 is 4.92 Å². The van der Waals surface area contributed by atoms with Gasteiger partial charge in [0.2, 0.25) is 5.82 Å². The number of nitro groups is 1. The molecule has 1 aliphatic carbocycles. The van der Waals surface area contributed by atoms with Crippen LogP contribution in [0, 0.1) is 17.0 Å². The SMILES string of the molecule is Cc1ccc(Oc2ncc([N+](=O)[O-])c(NC3CC3)n2)cn1. The second-order valence-electron chi connectivity index (χ2n) is 4.80. The number of ether oxygens (including phenoxy) is 1. The average molecular weight is 287 g/mol. The molecule has 1 N–H and O–H groups in total. The van der Waals surface area contributed by atoms with E-state index in [4.69, 9.17) is 4.74 Å². The lowest BCUT2D eigenvalue weighted by atomic mass is 10.4. The minimum absolute atomic E-state index is 0.0504. The zero-order valence-electron chi connectivity index (χ0n) is 11.3. The highest BCUT2D eigenvalue weighted by Gasteiger charge is 2.26. The van der Waals surface area contributed by atoms with Crippen LogP contribution >= 0.6 is 0 Å². The molecule has 3 rings (SSSR count). The minimum Gasteiger partial charge on any atom is -0.423 e. The van der Waals surface area contributed by atoms with Crippen LogP contribution in [0.2, 0.25) is 0 Å². The highest BCUT2D eigenvalue weighted by molar-refractivity contribution is 5.56. The number of anilines is 1. The molecule has 0 radical (unpaired) electrons. The number of nitrogens with one attached hydrogen (secondary N) is 1. The Hall–Kier alpha value is -2.77. The van der Waals surface area contributed by atoms with Gasteiger partial charge < -0.3 is 10.1 Å². The average Bonchev–Trinajstić information content (AvgIpc) is 3.25. The van der Waals surface area contributed by atoms with Crippen LogP contribution in [0.4, 0.5) is 11.5 Å². The second kappa shape index (κ2) is 5.31. The molecule has 0 amide bonds. The maximum Gasteiger partial charge on any atom is 0.329 e. The maximum atomic E-state index is 11.0. The number of hydrogen-bond donors (Lipinski definition) is 1. The monoisotopic (exact) mass is 287 g/mol. The van der Waals surface area contributed by atoms with Gasteiger partial charge >= 0.3 is 11.7 Å². The van der Waals surface area contributed by atoms with Crippen molar-refractivity contribution in [1.82, 2.24) is 15.0 Å². The third-order valence-electron chi connectivity index (χ3n) is 2.96. The van der Waals surface area contributed by atoms with E-state index in [2.05, 4.69) is 20.3 Å². The van der Waals surface area contributed by atoms with Gasteiger partial charge in [-0.3, -0.25) is 15.1 Å². The van der Waals surface area contributed by atoms with Crippen LogP contribution in [0.3, 0.4) is 0 Å². The van der Waals surface area contributed by atoms with Gasteiger partial charge in [-0.05, 0) is 31.9 Å². The van der Waals surface area contributed by atoms with Crippen molar-refractivity contribution in [2.75, 3.05) is 5.32 Å². The summed E-state index contributed by atoms with van der Waals surface area (Å²) in [6, 6.07) is 3.83. The highest BCUT2D eigenvalue weighted by atomic mass is 16.6. The van der Waals surface area contributed by atoms with Gasteiger partial charge in [0.1, 0.15) is 11.9 Å². The van der Waals surface area contributed by atoms with E-state index in [1.165, 1.54) is 0 Å². The predicted molar refractivity (Wildman–Crippen MR) is 74.4 cm³/mol. The number of aromatic nitrogens is 3. The summed E-state index contributed by atoms with van der Waals surface area (Å²) in [6.07, 6.45) is 4.67. The molecule has 0 atom stereocenters. The third kappa shape index (κ3) is 3.22. The fraction of sp³-hybridized carbons (Fsp3) is 0.308. The smallest absolute Gasteiger partial charge is 0.329 e.